The van der Waals surface area contributed by atoms with Gasteiger partial charge < -0.3 is 10.3 Å². The highest BCUT2D eigenvalue weighted by molar-refractivity contribution is 7.10. The molecule has 0 saturated carbocycles. The van der Waals surface area contributed by atoms with Crippen molar-refractivity contribution in [1.29, 1.82) is 0 Å². The molecule has 1 unspecified atom stereocenters. The minimum Gasteiger partial charge on any atom is -0.350 e. The van der Waals surface area contributed by atoms with Crippen molar-refractivity contribution < 1.29 is 0 Å². The van der Waals surface area contributed by atoms with Crippen molar-refractivity contribution in [2.24, 2.45) is 5.73 Å². The zero-order valence-corrected chi connectivity index (χ0v) is 12.5. The summed E-state index contributed by atoms with van der Waals surface area (Å²) in [5, 5.41) is 2.16. The van der Waals surface area contributed by atoms with Crippen LogP contribution in [-0.2, 0) is 18.4 Å². The van der Waals surface area contributed by atoms with Crippen molar-refractivity contribution in [1.82, 2.24) is 4.57 Å². The minimum atomic E-state index is 0.183. The van der Waals surface area contributed by atoms with Crippen molar-refractivity contribution in [3.63, 3.8) is 0 Å². The highest BCUT2D eigenvalue weighted by Gasteiger charge is 2.26. The molecule has 2 heterocycles. The summed E-state index contributed by atoms with van der Waals surface area (Å²) < 4.78 is 2.42. The second-order valence-electron chi connectivity index (χ2n) is 6.21. The molecule has 2 nitrogen and oxygen atoms in total. The monoisotopic (exact) mass is 274 g/mol. The fourth-order valence-corrected chi connectivity index (χ4v) is 3.95. The normalized spacial score (nSPS) is 19.4. The molecule has 1 atom stereocenters. The van der Waals surface area contributed by atoms with Gasteiger partial charge in [0.2, 0.25) is 0 Å². The van der Waals surface area contributed by atoms with Crippen molar-refractivity contribution in [3.8, 4) is 0 Å². The lowest BCUT2D eigenvalue weighted by molar-refractivity contribution is 0.426. The van der Waals surface area contributed by atoms with E-state index in [9.17, 15) is 0 Å². The topological polar surface area (TPSA) is 30.9 Å². The van der Waals surface area contributed by atoms with E-state index in [-0.39, 0.29) is 11.5 Å². The molecular formula is C16H22N2S. The summed E-state index contributed by atoms with van der Waals surface area (Å²) in [7, 11) is 0. The maximum absolute atomic E-state index is 6.21. The van der Waals surface area contributed by atoms with Crippen LogP contribution in [0.4, 0.5) is 0 Å². The molecule has 1 aliphatic carbocycles. The molecule has 0 saturated heterocycles. The quantitative estimate of drug-likeness (QED) is 0.905. The molecule has 0 radical (unpaired) electrons. The first-order chi connectivity index (χ1) is 9.08. The molecule has 0 bridgehead atoms. The molecule has 0 aromatic carbocycles. The number of hydrogen-bond acceptors (Lipinski definition) is 2. The number of nitrogens with two attached hydrogens (primary N) is 1. The molecule has 3 rings (SSSR count). The standard InChI is InChI=1S/C16H22N2S/c1-16(2,15-7-4-10-19-15)11-18-9-8-12-13(17)5-3-6-14(12)18/h4,7-10,13H,3,5-6,11,17H2,1-2H3. The van der Waals surface area contributed by atoms with Crippen molar-refractivity contribution in [2.45, 2.75) is 51.1 Å². The van der Waals surface area contributed by atoms with Crippen LogP contribution in [0.2, 0.25) is 0 Å². The molecule has 19 heavy (non-hydrogen) atoms. The molecule has 2 aromatic heterocycles. The highest BCUT2D eigenvalue weighted by atomic mass is 32.1. The smallest absolute Gasteiger partial charge is 0.0322 e. The molecular weight excluding hydrogens is 252 g/mol. The Hall–Kier alpha value is -1.06. The van der Waals surface area contributed by atoms with Crippen LogP contribution in [0.5, 0.6) is 0 Å². The first-order valence-electron chi connectivity index (χ1n) is 7.05. The van der Waals surface area contributed by atoms with Gasteiger partial charge in [0.1, 0.15) is 0 Å². The van der Waals surface area contributed by atoms with E-state index in [0.29, 0.717) is 0 Å². The van der Waals surface area contributed by atoms with Crippen LogP contribution >= 0.6 is 11.3 Å². The number of hydrogen-bond donors (Lipinski definition) is 1. The van der Waals surface area contributed by atoms with Gasteiger partial charge in [-0.2, -0.15) is 0 Å². The Labute approximate surface area is 119 Å². The van der Waals surface area contributed by atoms with Crippen LogP contribution in [0.25, 0.3) is 0 Å². The molecule has 3 heteroatoms. The summed E-state index contributed by atoms with van der Waals surface area (Å²) in [6, 6.07) is 6.86. The summed E-state index contributed by atoms with van der Waals surface area (Å²) in [6.07, 6.45) is 5.75. The van der Waals surface area contributed by atoms with Gasteiger partial charge in [0, 0.05) is 34.8 Å². The fourth-order valence-electron chi connectivity index (χ4n) is 3.11. The van der Waals surface area contributed by atoms with Crippen molar-refractivity contribution >= 4 is 11.3 Å². The lowest BCUT2D eigenvalue weighted by Crippen LogP contribution is -2.25. The molecule has 2 aromatic rings. The minimum absolute atomic E-state index is 0.183. The van der Waals surface area contributed by atoms with Crippen molar-refractivity contribution in [3.05, 3.63) is 45.9 Å². The summed E-state index contributed by atoms with van der Waals surface area (Å²) in [5.41, 5.74) is 9.22. The number of thiophene rings is 1. The van der Waals surface area contributed by atoms with Gasteiger partial charge >= 0.3 is 0 Å². The lowest BCUT2D eigenvalue weighted by atomic mass is 9.90. The summed E-state index contributed by atoms with van der Waals surface area (Å²) in [6.45, 7) is 5.69. The lowest BCUT2D eigenvalue weighted by Gasteiger charge is -2.27. The third-order valence-electron chi connectivity index (χ3n) is 4.20. The van der Waals surface area contributed by atoms with Crippen LogP contribution in [0.15, 0.2) is 29.8 Å². The maximum atomic E-state index is 6.21. The largest absolute Gasteiger partial charge is 0.350 e. The van der Waals surface area contributed by atoms with Crippen LogP contribution in [0.1, 0.15) is 48.9 Å². The van der Waals surface area contributed by atoms with E-state index in [4.69, 9.17) is 5.73 Å². The number of aromatic nitrogens is 1. The van der Waals surface area contributed by atoms with E-state index in [1.165, 1.54) is 29.0 Å². The summed E-state index contributed by atoms with van der Waals surface area (Å²) in [4.78, 5) is 1.45. The van der Waals surface area contributed by atoms with Crippen molar-refractivity contribution in [2.75, 3.05) is 0 Å². The highest BCUT2D eigenvalue weighted by Crippen LogP contribution is 2.33. The van der Waals surface area contributed by atoms with Gasteiger partial charge in [0.15, 0.2) is 0 Å². The molecule has 1 aliphatic rings. The van der Waals surface area contributed by atoms with Gasteiger partial charge in [0.05, 0.1) is 0 Å². The molecule has 0 aliphatic heterocycles. The number of rotatable bonds is 3. The van der Waals surface area contributed by atoms with Gasteiger partial charge in [0.25, 0.3) is 0 Å². The Balaban J connectivity index is 1.88. The van der Waals surface area contributed by atoms with Crippen LogP contribution in [0, 0.1) is 0 Å². The molecule has 0 fully saturated rings. The van der Waals surface area contributed by atoms with E-state index >= 15 is 0 Å². The molecule has 0 amide bonds. The Morgan fingerprint density at radius 3 is 3.00 bits per heavy atom. The molecule has 0 spiro atoms. The Morgan fingerprint density at radius 2 is 2.26 bits per heavy atom. The van der Waals surface area contributed by atoms with Gasteiger partial charge in [-0.25, -0.2) is 0 Å². The van der Waals surface area contributed by atoms with Gasteiger partial charge in [-0.15, -0.1) is 11.3 Å². The third kappa shape index (κ3) is 2.37. The third-order valence-corrected chi connectivity index (χ3v) is 5.43. The van der Waals surface area contributed by atoms with E-state index in [1.807, 2.05) is 11.3 Å². The average molecular weight is 274 g/mol. The number of fused-ring (bicyclic) bond motifs is 1. The van der Waals surface area contributed by atoms with Gasteiger partial charge in [-0.05, 0) is 42.3 Å². The SMILES string of the molecule is CC(C)(Cn1ccc2c1CCCC2N)c1cccs1. The predicted molar refractivity (Wildman–Crippen MR) is 81.6 cm³/mol. The van der Waals surface area contributed by atoms with Crippen LogP contribution in [0.3, 0.4) is 0 Å². The van der Waals surface area contributed by atoms with E-state index in [1.54, 1.807) is 0 Å². The Bertz CT molecular complexity index is 551. The van der Waals surface area contributed by atoms with E-state index in [0.717, 1.165) is 13.0 Å². The predicted octanol–water partition coefficient (Wildman–Crippen LogP) is 3.86. The average Bonchev–Trinajstić information content (AvgIpc) is 2.99. The Morgan fingerprint density at radius 1 is 1.42 bits per heavy atom. The number of nitrogens with zero attached hydrogens (tertiary/aromatic N) is 1. The van der Waals surface area contributed by atoms with Gasteiger partial charge in [-0.1, -0.05) is 19.9 Å². The van der Waals surface area contributed by atoms with Gasteiger partial charge in [-0.3, -0.25) is 0 Å². The zero-order chi connectivity index (χ0) is 13.5. The Kier molecular flexibility index (Phi) is 3.27. The summed E-state index contributed by atoms with van der Waals surface area (Å²) >= 11 is 1.85. The molecule has 2 N–H and O–H groups in total. The van der Waals surface area contributed by atoms with Crippen LogP contribution in [-0.4, -0.2) is 4.57 Å². The van der Waals surface area contributed by atoms with Crippen LogP contribution < -0.4 is 5.73 Å². The fraction of sp³-hybridized carbons (Fsp3) is 0.500. The second-order valence-corrected chi connectivity index (χ2v) is 7.15. The van der Waals surface area contributed by atoms with E-state index in [2.05, 4.69) is 48.2 Å². The van der Waals surface area contributed by atoms with E-state index < -0.39 is 0 Å². The first kappa shape index (κ1) is 12.9. The zero-order valence-electron chi connectivity index (χ0n) is 11.7. The second kappa shape index (κ2) is 4.80. The maximum Gasteiger partial charge on any atom is 0.0322 e. The summed E-state index contributed by atoms with van der Waals surface area (Å²) in [5.74, 6) is 0. The molecule has 102 valence electrons. The first-order valence-corrected chi connectivity index (χ1v) is 7.93.